The number of anilines is 1. The smallest absolute Gasteiger partial charge is 0.264 e. The number of carbonyl (C=O) groups excluding carboxylic acids is 2. The number of aliphatic hydroxyl groups is 1. The van der Waals surface area contributed by atoms with Crippen molar-refractivity contribution in [2.45, 2.75) is 46.6 Å². The first-order valence-electron chi connectivity index (χ1n) is 7.95. The van der Waals surface area contributed by atoms with Gasteiger partial charge in [0.1, 0.15) is 0 Å². The quantitative estimate of drug-likeness (QED) is 0.867. The van der Waals surface area contributed by atoms with Crippen molar-refractivity contribution in [1.29, 1.82) is 0 Å². The highest BCUT2D eigenvalue weighted by atomic mass is 32.1. The third-order valence-electron chi connectivity index (χ3n) is 4.00. The van der Waals surface area contributed by atoms with Gasteiger partial charge in [-0.3, -0.25) is 9.59 Å². The normalized spacial score (nSPS) is 16.1. The van der Waals surface area contributed by atoms with E-state index in [0.29, 0.717) is 22.3 Å². The van der Waals surface area contributed by atoms with Crippen LogP contribution in [0.2, 0.25) is 0 Å². The number of hydrogen-bond donors (Lipinski definition) is 2. The standard InChI is InChI=1S/C17H26N2O3S/c1-10-8-13(18-16(22)17(2,3)4)23-14(10)15(21)19(5)9-12(20)11-6-7-11/h8,11-12,20H,6-7,9H2,1-5H3,(H,18,22). The molecule has 1 saturated carbocycles. The molecule has 0 aromatic carbocycles. The Morgan fingerprint density at radius 1 is 1.43 bits per heavy atom. The lowest BCUT2D eigenvalue weighted by molar-refractivity contribution is -0.123. The Labute approximate surface area is 141 Å². The van der Waals surface area contributed by atoms with E-state index in [9.17, 15) is 14.7 Å². The average Bonchev–Trinajstić information content (AvgIpc) is 3.21. The molecule has 0 bridgehead atoms. The van der Waals surface area contributed by atoms with Crippen molar-refractivity contribution in [3.05, 3.63) is 16.5 Å². The van der Waals surface area contributed by atoms with Crippen molar-refractivity contribution in [3.63, 3.8) is 0 Å². The molecule has 128 valence electrons. The second-order valence-electron chi connectivity index (χ2n) is 7.42. The molecule has 1 atom stereocenters. The van der Waals surface area contributed by atoms with Crippen LogP contribution >= 0.6 is 11.3 Å². The van der Waals surface area contributed by atoms with Gasteiger partial charge in [0, 0.05) is 19.0 Å². The maximum absolute atomic E-state index is 12.6. The van der Waals surface area contributed by atoms with Crippen LogP contribution < -0.4 is 5.32 Å². The van der Waals surface area contributed by atoms with Crippen molar-refractivity contribution in [1.82, 2.24) is 4.90 Å². The molecule has 1 heterocycles. The number of nitrogens with zero attached hydrogens (tertiary/aromatic N) is 1. The van der Waals surface area contributed by atoms with Gasteiger partial charge in [0.15, 0.2) is 0 Å². The highest BCUT2D eigenvalue weighted by molar-refractivity contribution is 7.18. The zero-order valence-electron chi connectivity index (χ0n) is 14.5. The van der Waals surface area contributed by atoms with Crippen LogP contribution in [0.15, 0.2) is 6.07 Å². The summed E-state index contributed by atoms with van der Waals surface area (Å²) in [4.78, 5) is 26.8. The van der Waals surface area contributed by atoms with Crippen LogP contribution in [0, 0.1) is 18.3 Å². The predicted octanol–water partition coefficient (Wildman–Crippen LogP) is 2.88. The summed E-state index contributed by atoms with van der Waals surface area (Å²) in [5.41, 5.74) is 0.365. The molecule has 1 aromatic rings. The van der Waals surface area contributed by atoms with Crippen molar-refractivity contribution in [2.75, 3.05) is 18.9 Å². The van der Waals surface area contributed by atoms with Crippen LogP contribution in [0.1, 0.15) is 48.8 Å². The highest BCUT2D eigenvalue weighted by Crippen LogP contribution is 2.33. The summed E-state index contributed by atoms with van der Waals surface area (Å²) in [6.45, 7) is 7.76. The van der Waals surface area contributed by atoms with Gasteiger partial charge in [0.05, 0.1) is 16.0 Å². The van der Waals surface area contributed by atoms with Crippen LogP contribution in [0.4, 0.5) is 5.00 Å². The molecular formula is C17H26N2O3S. The van der Waals surface area contributed by atoms with E-state index in [2.05, 4.69) is 5.32 Å². The first kappa shape index (κ1) is 17.9. The van der Waals surface area contributed by atoms with Gasteiger partial charge in [-0.15, -0.1) is 11.3 Å². The summed E-state index contributed by atoms with van der Waals surface area (Å²) in [6.07, 6.45) is 1.65. The molecule has 23 heavy (non-hydrogen) atoms. The Kier molecular flexibility index (Phi) is 5.16. The molecule has 2 N–H and O–H groups in total. The lowest BCUT2D eigenvalue weighted by Crippen LogP contribution is -2.35. The molecule has 0 saturated heterocycles. The Balaban J connectivity index is 2.04. The minimum atomic E-state index is -0.479. The molecule has 1 aromatic heterocycles. The number of amides is 2. The maximum Gasteiger partial charge on any atom is 0.264 e. The molecule has 5 nitrogen and oxygen atoms in total. The van der Waals surface area contributed by atoms with Crippen molar-refractivity contribution in [2.24, 2.45) is 11.3 Å². The zero-order valence-corrected chi connectivity index (χ0v) is 15.3. The van der Waals surface area contributed by atoms with Gasteiger partial charge in [-0.25, -0.2) is 0 Å². The maximum atomic E-state index is 12.6. The third-order valence-corrected chi connectivity index (χ3v) is 5.14. The molecule has 2 amide bonds. The monoisotopic (exact) mass is 338 g/mol. The fourth-order valence-corrected chi connectivity index (χ4v) is 3.28. The van der Waals surface area contributed by atoms with E-state index < -0.39 is 11.5 Å². The Bertz CT molecular complexity index is 599. The molecule has 2 rings (SSSR count). The Morgan fingerprint density at radius 2 is 2.04 bits per heavy atom. The van der Waals surface area contributed by atoms with Gasteiger partial charge < -0.3 is 15.3 Å². The number of aryl methyl sites for hydroxylation is 1. The van der Waals surface area contributed by atoms with E-state index in [1.54, 1.807) is 11.9 Å². The summed E-state index contributed by atoms with van der Waals surface area (Å²) in [5.74, 6) is 0.162. The number of likely N-dealkylation sites (N-methyl/N-ethyl adjacent to an activating group) is 1. The topological polar surface area (TPSA) is 69.6 Å². The molecule has 6 heteroatoms. The first-order chi connectivity index (χ1) is 10.6. The number of rotatable bonds is 5. The van der Waals surface area contributed by atoms with E-state index in [1.807, 2.05) is 33.8 Å². The largest absolute Gasteiger partial charge is 0.391 e. The lowest BCUT2D eigenvalue weighted by Gasteiger charge is -2.20. The van der Waals surface area contributed by atoms with Gasteiger partial charge in [-0.05, 0) is 37.3 Å². The van der Waals surface area contributed by atoms with Gasteiger partial charge in [-0.1, -0.05) is 20.8 Å². The van der Waals surface area contributed by atoms with Gasteiger partial charge in [-0.2, -0.15) is 0 Å². The van der Waals surface area contributed by atoms with Gasteiger partial charge in [0.2, 0.25) is 5.91 Å². The van der Waals surface area contributed by atoms with Crippen LogP contribution in [0.25, 0.3) is 0 Å². The molecule has 1 aliphatic carbocycles. The third kappa shape index (κ3) is 4.54. The summed E-state index contributed by atoms with van der Waals surface area (Å²) in [7, 11) is 1.71. The molecule has 1 unspecified atom stereocenters. The Hall–Kier alpha value is -1.40. The summed E-state index contributed by atoms with van der Waals surface area (Å²) in [5, 5.41) is 13.5. The summed E-state index contributed by atoms with van der Waals surface area (Å²) in [6, 6.07) is 1.83. The fraction of sp³-hybridized carbons (Fsp3) is 0.647. The highest BCUT2D eigenvalue weighted by Gasteiger charge is 2.32. The van der Waals surface area contributed by atoms with E-state index >= 15 is 0 Å². The van der Waals surface area contributed by atoms with Crippen LogP contribution in [-0.4, -0.2) is 41.5 Å². The Morgan fingerprint density at radius 3 is 2.57 bits per heavy atom. The summed E-state index contributed by atoms with van der Waals surface area (Å²) >= 11 is 1.29. The molecule has 0 aliphatic heterocycles. The van der Waals surface area contributed by atoms with E-state index in [1.165, 1.54) is 11.3 Å². The molecule has 0 spiro atoms. The minimum Gasteiger partial charge on any atom is -0.391 e. The van der Waals surface area contributed by atoms with Crippen molar-refractivity contribution in [3.8, 4) is 0 Å². The number of aliphatic hydroxyl groups excluding tert-OH is 1. The van der Waals surface area contributed by atoms with Crippen LogP contribution in [-0.2, 0) is 4.79 Å². The number of carbonyl (C=O) groups is 2. The number of nitrogens with one attached hydrogen (secondary N) is 1. The first-order valence-corrected chi connectivity index (χ1v) is 8.76. The SMILES string of the molecule is Cc1cc(NC(=O)C(C)(C)C)sc1C(=O)N(C)CC(O)C1CC1. The van der Waals surface area contributed by atoms with Crippen molar-refractivity contribution < 1.29 is 14.7 Å². The second-order valence-corrected chi connectivity index (χ2v) is 8.47. The summed E-state index contributed by atoms with van der Waals surface area (Å²) < 4.78 is 0. The predicted molar refractivity (Wildman–Crippen MR) is 92.8 cm³/mol. The van der Waals surface area contributed by atoms with E-state index in [4.69, 9.17) is 0 Å². The number of thiophene rings is 1. The second kappa shape index (κ2) is 6.61. The zero-order chi connectivity index (χ0) is 17.4. The molecular weight excluding hydrogens is 312 g/mol. The molecule has 0 radical (unpaired) electrons. The fourth-order valence-electron chi connectivity index (χ4n) is 2.22. The average molecular weight is 338 g/mol. The van der Waals surface area contributed by atoms with Crippen LogP contribution in [0.3, 0.4) is 0 Å². The van der Waals surface area contributed by atoms with Crippen LogP contribution in [0.5, 0.6) is 0 Å². The van der Waals surface area contributed by atoms with E-state index in [-0.39, 0.29) is 11.8 Å². The van der Waals surface area contributed by atoms with Gasteiger partial charge >= 0.3 is 0 Å². The lowest BCUT2D eigenvalue weighted by atomic mass is 9.96. The van der Waals surface area contributed by atoms with E-state index in [0.717, 1.165) is 18.4 Å². The van der Waals surface area contributed by atoms with Gasteiger partial charge in [0.25, 0.3) is 5.91 Å². The van der Waals surface area contributed by atoms with Crippen molar-refractivity contribution >= 4 is 28.2 Å². The molecule has 1 aliphatic rings. The minimum absolute atomic E-state index is 0.0738. The molecule has 1 fully saturated rings. The number of hydrogen-bond acceptors (Lipinski definition) is 4.